The zero-order valence-electron chi connectivity index (χ0n) is 11.5. The van der Waals surface area contributed by atoms with Gasteiger partial charge in [0.15, 0.2) is 0 Å². The van der Waals surface area contributed by atoms with Crippen molar-refractivity contribution in [1.29, 1.82) is 0 Å². The largest absolute Gasteiger partial charge is 0.299 e. The van der Waals surface area contributed by atoms with Crippen LogP contribution in [0, 0.1) is 17.8 Å². The fraction of sp³-hybridized carbons (Fsp3) is 0.412. The van der Waals surface area contributed by atoms with Gasteiger partial charge in [0.2, 0.25) is 0 Å². The summed E-state index contributed by atoms with van der Waals surface area (Å²) in [7, 11) is 0. The maximum Gasteiger partial charge on any atom is 0.144 e. The third kappa shape index (κ3) is 3.40. The molecule has 0 saturated heterocycles. The van der Waals surface area contributed by atoms with Gasteiger partial charge >= 0.3 is 0 Å². The second-order valence-corrected chi connectivity index (χ2v) is 5.59. The van der Waals surface area contributed by atoms with Gasteiger partial charge in [0.1, 0.15) is 11.6 Å². The average molecular weight is 256 g/mol. The molecule has 1 aliphatic rings. The SMILES string of the molecule is CC(C)C1C(=O)CC(/C=C/c2ccccc2)CC1=O. The summed E-state index contributed by atoms with van der Waals surface area (Å²) >= 11 is 0. The molecule has 19 heavy (non-hydrogen) atoms. The molecule has 0 aromatic heterocycles. The van der Waals surface area contributed by atoms with Crippen LogP contribution in [0.15, 0.2) is 36.4 Å². The molecule has 0 N–H and O–H groups in total. The second kappa shape index (κ2) is 5.96. The number of ketones is 2. The molecular formula is C17H20O2. The Balaban J connectivity index is 2.03. The van der Waals surface area contributed by atoms with Crippen molar-refractivity contribution >= 4 is 17.6 Å². The number of hydrogen-bond acceptors (Lipinski definition) is 2. The Bertz CT molecular complexity index is 467. The Hall–Kier alpha value is -1.70. The van der Waals surface area contributed by atoms with Crippen molar-refractivity contribution < 1.29 is 9.59 Å². The van der Waals surface area contributed by atoms with Crippen molar-refractivity contribution in [3.8, 4) is 0 Å². The molecule has 1 aliphatic carbocycles. The van der Waals surface area contributed by atoms with Gasteiger partial charge in [-0.25, -0.2) is 0 Å². The maximum atomic E-state index is 12.0. The first-order valence-electron chi connectivity index (χ1n) is 6.86. The van der Waals surface area contributed by atoms with E-state index >= 15 is 0 Å². The van der Waals surface area contributed by atoms with Gasteiger partial charge < -0.3 is 0 Å². The third-order valence-electron chi connectivity index (χ3n) is 3.65. The Morgan fingerprint density at radius 1 is 1.05 bits per heavy atom. The molecule has 0 unspecified atom stereocenters. The first-order valence-corrected chi connectivity index (χ1v) is 6.86. The molecule has 100 valence electrons. The van der Waals surface area contributed by atoms with Crippen LogP contribution in [-0.4, -0.2) is 11.6 Å². The van der Waals surface area contributed by atoms with Crippen molar-refractivity contribution in [3.05, 3.63) is 42.0 Å². The van der Waals surface area contributed by atoms with Gasteiger partial charge in [0, 0.05) is 12.8 Å². The number of Topliss-reactive ketones (excluding diaryl/α,β-unsaturated/α-hetero) is 2. The molecule has 0 radical (unpaired) electrons. The lowest BCUT2D eigenvalue weighted by molar-refractivity contribution is -0.138. The highest BCUT2D eigenvalue weighted by molar-refractivity contribution is 6.05. The third-order valence-corrected chi connectivity index (χ3v) is 3.65. The maximum absolute atomic E-state index is 12.0. The lowest BCUT2D eigenvalue weighted by Gasteiger charge is -2.26. The zero-order valence-corrected chi connectivity index (χ0v) is 11.5. The van der Waals surface area contributed by atoms with Gasteiger partial charge in [-0.1, -0.05) is 56.3 Å². The van der Waals surface area contributed by atoms with E-state index in [1.165, 1.54) is 0 Å². The topological polar surface area (TPSA) is 34.1 Å². The number of hydrogen-bond donors (Lipinski definition) is 0. The summed E-state index contributed by atoms with van der Waals surface area (Å²) in [6.07, 6.45) is 5.00. The lowest BCUT2D eigenvalue weighted by Crippen LogP contribution is -2.36. The van der Waals surface area contributed by atoms with E-state index in [9.17, 15) is 9.59 Å². The van der Waals surface area contributed by atoms with E-state index < -0.39 is 0 Å². The molecule has 0 spiro atoms. The van der Waals surface area contributed by atoms with Crippen LogP contribution in [0.25, 0.3) is 6.08 Å². The highest BCUT2D eigenvalue weighted by Crippen LogP contribution is 2.29. The standard InChI is InChI=1S/C17H20O2/c1-12(2)17-15(18)10-14(11-16(17)19)9-8-13-6-4-3-5-7-13/h3-9,12,14,17H,10-11H2,1-2H3/b9-8+. The Morgan fingerprint density at radius 2 is 1.63 bits per heavy atom. The van der Waals surface area contributed by atoms with Gasteiger partial charge in [-0.2, -0.15) is 0 Å². The number of benzene rings is 1. The number of carbonyl (C=O) groups is 2. The van der Waals surface area contributed by atoms with Crippen LogP contribution in [0.4, 0.5) is 0 Å². The highest BCUT2D eigenvalue weighted by Gasteiger charge is 2.36. The minimum Gasteiger partial charge on any atom is -0.299 e. The van der Waals surface area contributed by atoms with E-state index in [0.717, 1.165) is 5.56 Å². The van der Waals surface area contributed by atoms with Crippen LogP contribution < -0.4 is 0 Å². The summed E-state index contributed by atoms with van der Waals surface area (Å²) in [6, 6.07) is 9.95. The van der Waals surface area contributed by atoms with Gasteiger partial charge in [-0.15, -0.1) is 0 Å². The van der Waals surface area contributed by atoms with E-state index in [1.807, 2.05) is 56.3 Å². The smallest absolute Gasteiger partial charge is 0.144 e. The summed E-state index contributed by atoms with van der Waals surface area (Å²) in [6.45, 7) is 3.89. The predicted octanol–water partition coefficient (Wildman–Crippen LogP) is 3.52. The van der Waals surface area contributed by atoms with Crippen LogP contribution in [0.5, 0.6) is 0 Å². The average Bonchev–Trinajstić information content (AvgIpc) is 2.36. The van der Waals surface area contributed by atoms with Gasteiger partial charge in [0.05, 0.1) is 5.92 Å². The van der Waals surface area contributed by atoms with E-state index in [2.05, 4.69) is 0 Å². The Labute approximate surface area is 114 Å². The van der Waals surface area contributed by atoms with E-state index in [-0.39, 0.29) is 29.3 Å². The molecule has 0 atom stereocenters. The first-order chi connectivity index (χ1) is 9.08. The lowest BCUT2D eigenvalue weighted by atomic mass is 9.75. The summed E-state index contributed by atoms with van der Waals surface area (Å²) in [5, 5.41) is 0. The van der Waals surface area contributed by atoms with Crippen LogP contribution >= 0.6 is 0 Å². The van der Waals surface area contributed by atoms with Gasteiger partial charge in [0.25, 0.3) is 0 Å². The zero-order chi connectivity index (χ0) is 13.8. The minimum atomic E-state index is -0.374. The molecule has 0 aliphatic heterocycles. The second-order valence-electron chi connectivity index (χ2n) is 5.59. The van der Waals surface area contributed by atoms with Gasteiger partial charge in [-0.05, 0) is 17.4 Å². The van der Waals surface area contributed by atoms with Crippen molar-refractivity contribution in [2.45, 2.75) is 26.7 Å². The molecule has 1 aromatic rings. The predicted molar refractivity (Wildman–Crippen MR) is 76.5 cm³/mol. The van der Waals surface area contributed by atoms with E-state index in [0.29, 0.717) is 12.8 Å². The molecule has 2 heteroatoms. The number of allylic oxidation sites excluding steroid dienone is 1. The first kappa shape index (κ1) is 13.7. The summed E-state index contributed by atoms with van der Waals surface area (Å²) in [5.41, 5.74) is 1.10. The van der Waals surface area contributed by atoms with Crippen molar-refractivity contribution in [3.63, 3.8) is 0 Å². The fourth-order valence-electron chi connectivity index (χ4n) is 2.71. The number of rotatable bonds is 3. The van der Waals surface area contributed by atoms with Crippen LogP contribution in [0.3, 0.4) is 0 Å². The van der Waals surface area contributed by atoms with E-state index in [1.54, 1.807) is 0 Å². The summed E-state index contributed by atoms with van der Waals surface area (Å²) < 4.78 is 0. The molecule has 0 amide bonds. The molecule has 1 aromatic carbocycles. The molecule has 0 heterocycles. The fourth-order valence-corrected chi connectivity index (χ4v) is 2.71. The van der Waals surface area contributed by atoms with Crippen LogP contribution in [-0.2, 0) is 9.59 Å². The highest BCUT2D eigenvalue weighted by atomic mass is 16.2. The molecule has 1 fully saturated rings. The minimum absolute atomic E-state index is 0.0650. The molecular weight excluding hydrogens is 236 g/mol. The summed E-state index contributed by atoms with van der Waals surface area (Å²) in [4.78, 5) is 24.0. The van der Waals surface area contributed by atoms with Crippen molar-refractivity contribution in [2.75, 3.05) is 0 Å². The van der Waals surface area contributed by atoms with Crippen molar-refractivity contribution in [2.24, 2.45) is 17.8 Å². The van der Waals surface area contributed by atoms with Crippen LogP contribution in [0.2, 0.25) is 0 Å². The summed E-state index contributed by atoms with van der Waals surface area (Å²) in [5.74, 6) is 0.0264. The van der Waals surface area contributed by atoms with Crippen molar-refractivity contribution in [1.82, 2.24) is 0 Å². The molecule has 2 nitrogen and oxygen atoms in total. The molecule has 0 bridgehead atoms. The number of carbonyl (C=O) groups excluding carboxylic acids is 2. The molecule has 1 saturated carbocycles. The normalized spacial score (nSPS) is 24.4. The Morgan fingerprint density at radius 3 is 2.16 bits per heavy atom. The molecule has 2 rings (SSSR count). The van der Waals surface area contributed by atoms with Crippen LogP contribution in [0.1, 0.15) is 32.3 Å². The Kier molecular flexibility index (Phi) is 4.31. The van der Waals surface area contributed by atoms with Gasteiger partial charge in [-0.3, -0.25) is 9.59 Å². The quantitative estimate of drug-likeness (QED) is 0.775. The monoisotopic (exact) mass is 256 g/mol. The van der Waals surface area contributed by atoms with E-state index in [4.69, 9.17) is 0 Å².